The van der Waals surface area contributed by atoms with Crippen LogP contribution in [0.2, 0.25) is 0 Å². The quantitative estimate of drug-likeness (QED) is 0.407. The molecular formula is C22H18N4O2S. The van der Waals surface area contributed by atoms with Gasteiger partial charge in [0, 0.05) is 5.56 Å². The van der Waals surface area contributed by atoms with Crippen molar-refractivity contribution in [3.05, 3.63) is 94.8 Å². The lowest BCUT2D eigenvalue weighted by Gasteiger charge is -2.12. The number of carboxylic acids is 1. The molecule has 6 nitrogen and oxygen atoms in total. The Morgan fingerprint density at radius 2 is 1.66 bits per heavy atom. The Hall–Kier alpha value is -3.71. The van der Waals surface area contributed by atoms with Gasteiger partial charge in [-0.3, -0.25) is 0 Å². The van der Waals surface area contributed by atoms with Gasteiger partial charge in [0.25, 0.3) is 0 Å². The van der Waals surface area contributed by atoms with Crippen molar-refractivity contribution in [2.75, 3.05) is 5.43 Å². The Morgan fingerprint density at radius 1 is 0.966 bits per heavy atom. The van der Waals surface area contributed by atoms with E-state index >= 15 is 0 Å². The first-order chi connectivity index (χ1) is 14.1. The summed E-state index contributed by atoms with van der Waals surface area (Å²) < 4.78 is 2.07. The second-order valence-corrected chi connectivity index (χ2v) is 6.82. The number of rotatable bonds is 6. The van der Waals surface area contributed by atoms with Crippen LogP contribution in [0.4, 0.5) is 0 Å². The largest absolute Gasteiger partial charge is 0.478 e. The SMILES string of the molecule is O=C(O)c1ccccc1CNn1c(-c2cccc(-c3ccccc3)c2)n[nH]c1=S. The summed E-state index contributed by atoms with van der Waals surface area (Å²) in [4.78, 5) is 11.4. The van der Waals surface area contributed by atoms with E-state index in [1.165, 1.54) is 0 Å². The van der Waals surface area contributed by atoms with Gasteiger partial charge in [0.1, 0.15) is 0 Å². The monoisotopic (exact) mass is 402 g/mol. The molecule has 0 radical (unpaired) electrons. The van der Waals surface area contributed by atoms with Gasteiger partial charge in [0.2, 0.25) is 4.77 Å². The molecule has 0 aliphatic rings. The third kappa shape index (κ3) is 3.95. The predicted molar refractivity (Wildman–Crippen MR) is 115 cm³/mol. The smallest absolute Gasteiger partial charge is 0.336 e. The number of H-pyrrole nitrogens is 1. The van der Waals surface area contributed by atoms with E-state index in [9.17, 15) is 9.90 Å². The molecule has 3 aromatic carbocycles. The third-order valence-electron chi connectivity index (χ3n) is 4.58. The number of hydrogen-bond donors (Lipinski definition) is 3. The van der Waals surface area contributed by atoms with Crippen LogP contribution in [0, 0.1) is 4.77 Å². The molecule has 3 N–H and O–H groups in total. The first-order valence-electron chi connectivity index (χ1n) is 9.02. The summed E-state index contributed by atoms with van der Waals surface area (Å²) >= 11 is 5.37. The first-order valence-corrected chi connectivity index (χ1v) is 9.42. The van der Waals surface area contributed by atoms with Gasteiger partial charge in [-0.2, -0.15) is 5.10 Å². The lowest BCUT2D eigenvalue weighted by atomic mass is 10.0. The average molecular weight is 402 g/mol. The van der Waals surface area contributed by atoms with E-state index in [0.29, 0.717) is 22.7 Å². The molecule has 0 aliphatic heterocycles. The van der Waals surface area contributed by atoms with Crippen LogP contribution in [0.3, 0.4) is 0 Å². The molecule has 0 amide bonds. The van der Waals surface area contributed by atoms with Crippen LogP contribution in [0.1, 0.15) is 15.9 Å². The lowest BCUT2D eigenvalue weighted by Crippen LogP contribution is -2.17. The van der Waals surface area contributed by atoms with Gasteiger partial charge in [-0.15, -0.1) is 0 Å². The zero-order valence-electron chi connectivity index (χ0n) is 15.4. The van der Waals surface area contributed by atoms with Crippen molar-refractivity contribution < 1.29 is 9.90 Å². The maximum Gasteiger partial charge on any atom is 0.336 e. The van der Waals surface area contributed by atoms with Gasteiger partial charge in [0.15, 0.2) is 5.82 Å². The van der Waals surface area contributed by atoms with Gasteiger partial charge in [-0.05, 0) is 41.0 Å². The van der Waals surface area contributed by atoms with Gasteiger partial charge in [0.05, 0.1) is 12.1 Å². The number of hydrogen-bond acceptors (Lipinski definition) is 4. The number of aromatic carboxylic acids is 1. The number of nitrogens with zero attached hydrogens (tertiary/aromatic N) is 2. The molecule has 7 heteroatoms. The van der Waals surface area contributed by atoms with Gasteiger partial charge >= 0.3 is 5.97 Å². The zero-order chi connectivity index (χ0) is 20.2. The molecule has 0 unspecified atom stereocenters. The van der Waals surface area contributed by atoms with E-state index < -0.39 is 5.97 Å². The summed E-state index contributed by atoms with van der Waals surface area (Å²) in [6.45, 7) is 0.293. The van der Waals surface area contributed by atoms with E-state index in [2.05, 4.69) is 27.8 Å². The molecule has 1 aromatic heterocycles. The van der Waals surface area contributed by atoms with Crippen LogP contribution >= 0.6 is 12.2 Å². The second-order valence-electron chi connectivity index (χ2n) is 6.43. The summed E-state index contributed by atoms with van der Waals surface area (Å²) in [5.74, 6) is -0.338. The molecule has 1 heterocycles. The summed E-state index contributed by atoms with van der Waals surface area (Å²) in [7, 11) is 0. The Bertz CT molecular complexity index is 1210. The Labute approximate surface area is 172 Å². The van der Waals surface area contributed by atoms with Gasteiger partial charge < -0.3 is 10.5 Å². The van der Waals surface area contributed by atoms with E-state index in [-0.39, 0.29) is 5.56 Å². The Morgan fingerprint density at radius 3 is 2.45 bits per heavy atom. The van der Waals surface area contributed by atoms with Crippen molar-refractivity contribution in [2.24, 2.45) is 0 Å². The lowest BCUT2D eigenvalue weighted by molar-refractivity contribution is 0.0695. The highest BCUT2D eigenvalue weighted by Crippen LogP contribution is 2.25. The van der Waals surface area contributed by atoms with Crippen molar-refractivity contribution in [1.29, 1.82) is 0 Å². The standard InChI is InChI=1S/C22H18N4O2S/c27-21(28)19-12-5-4-9-18(19)14-23-26-20(24-25-22(26)29)17-11-6-10-16(13-17)15-7-2-1-3-8-15/h1-13,23H,14H2,(H,25,29)(H,27,28). The number of carboxylic acid groups (broad SMARTS) is 1. The fraction of sp³-hybridized carbons (Fsp3) is 0.0455. The number of benzene rings is 3. The number of aromatic amines is 1. The normalized spacial score (nSPS) is 10.6. The van der Waals surface area contributed by atoms with Crippen molar-refractivity contribution in [3.63, 3.8) is 0 Å². The molecule has 4 rings (SSSR count). The minimum Gasteiger partial charge on any atom is -0.478 e. The molecule has 29 heavy (non-hydrogen) atoms. The molecular weight excluding hydrogens is 384 g/mol. The Kier molecular flexibility index (Phi) is 5.22. The van der Waals surface area contributed by atoms with Crippen LogP contribution in [0.15, 0.2) is 78.9 Å². The summed E-state index contributed by atoms with van der Waals surface area (Å²) in [6, 6.07) is 25.0. The summed E-state index contributed by atoms with van der Waals surface area (Å²) in [5, 5.41) is 16.5. The van der Waals surface area contributed by atoms with Crippen LogP contribution in [0.5, 0.6) is 0 Å². The molecule has 0 bridgehead atoms. The fourth-order valence-electron chi connectivity index (χ4n) is 3.15. The number of carbonyl (C=O) groups is 1. The molecule has 144 valence electrons. The number of aromatic nitrogens is 3. The second kappa shape index (κ2) is 8.12. The zero-order valence-corrected chi connectivity index (χ0v) is 16.2. The molecule has 0 saturated carbocycles. The minimum atomic E-state index is -0.964. The van der Waals surface area contributed by atoms with Crippen molar-refractivity contribution in [2.45, 2.75) is 6.54 Å². The summed E-state index contributed by atoms with van der Waals surface area (Å²) in [6.07, 6.45) is 0. The number of nitrogens with one attached hydrogen (secondary N) is 2. The minimum absolute atomic E-state index is 0.252. The molecule has 0 fully saturated rings. The molecule has 0 aliphatic carbocycles. The van der Waals surface area contributed by atoms with Gasteiger partial charge in [-0.1, -0.05) is 66.7 Å². The molecule has 0 atom stereocenters. The fourth-order valence-corrected chi connectivity index (χ4v) is 3.35. The highest BCUT2D eigenvalue weighted by Gasteiger charge is 2.12. The average Bonchev–Trinajstić information content (AvgIpc) is 3.13. The van der Waals surface area contributed by atoms with Crippen LogP contribution < -0.4 is 5.43 Å². The first kappa shape index (κ1) is 18.6. The van der Waals surface area contributed by atoms with E-state index in [1.807, 2.05) is 48.5 Å². The van der Waals surface area contributed by atoms with Crippen LogP contribution in [-0.2, 0) is 6.54 Å². The van der Waals surface area contributed by atoms with Crippen LogP contribution in [0.25, 0.3) is 22.5 Å². The Balaban J connectivity index is 1.65. The van der Waals surface area contributed by atoms with E-state index in [4.69, 9.17) is 12.2 Å². The van der Waals surface area contributed by atoms with Crippen LogP contribution in [-0.4, -0.2) is 25.9 Å². The van der Waals surface area contributed by atoms with E-state index in [0.717, 1.165) is 16.7 Å². The van der Waals surface area contributed by atoms with Gasteiger partial charge in [-0.25, -0.2) is 14.6 Å². The van der Waals surface area contributed by atoms with Crippen molar-refractivity contribution in [1.82, 2.24) is 14.9 Å². The maximum atomic E-state index is 11.4. The summed E-state index contributed by atoms with van der Waals surface area (Å²) in [5.41, 5.74) is 7.16. The predicted octanol–water partition coefficient (Wildman–Crippen LogP) is 4.72. The highest BCUT2D eigenvalue weighted by molar-refractivity contribution is 7.71. The topological polar surface area (TPSA) is 82.9 Å². The molecule has 0 spiro atoms. The van der Waals surface area contributed by atoms with E-state index in [1.54, 1.807) is 22.9 Å². The van der Waals surface area contributed by atoms with Crippen molar-refractivity contribution in [3.8, 4) is 22.5 Å². The molecule has 0 saturated heterocycles. The maximum absolute atomic E-state index is 11.4. The molecule has 4 aromatic rings. The van der Waals surface area contributed by atoms with Crippen molar-refractivity contribution >= 4 is 18.2 Å². The third-order valence-corrected chi connectivity index (χ3v) is 4.85. The highest BCUT2D eigenvalue weighted by atomic mass is 32.1.